The van der Waals surface area contributed by atoms with E-state index in [-0.39, 0.29) is 22.6 Å². The molecule has 0 radical (unpaired) electrons. The summed E-state index contributed by atoms with van der Waals surface area (Å²) in [5.74, 6) is -0.805. The molecule has 1 aliphatic heterocycles. The van der Waals surface area contributed by atoms with E-state index in [4.69, 9.17) is 10.2 Å². The molecule has 34 heavy (non-hydrogen) atoms. The Hall–Kier alpha value is -2.96. The highest BCUT2D eigenvalue weighted by Gasteiger charge is 2.50. The number of anilines is 2. The normalized spacial score (nSPS) is 17.1. The summed E-state index contributed by atoms with van der Waals surface area (Å²) in [5, 5.41) is 2.22. The zero-order valence-electron chi connectivity index (χ0n) is 20.1. The predicted molar refractivity (Wildman–Crippen MR) is 139 cm³/mol. The molecule has 3 aromatic rings. The Kier molecular flexibility index (Phi) is 6.91. The third-order valence-electron chi connectivity index (χ3n) is 6.76. The molecule has 1 fully saturated rings. The summed E-state index contributed by atoms with van der Waals surface area (Å²) in [6.07, 6.45) is 1.59. The monoisotopic (exact) mass is 476 g/mol. The first-order chi connectivity index (χ1) is 16.2. The minimum Gasteiger partial charge on any atom is -0.407 e. The minimum absolute atomic E-state index is 0.0200. The molecule has 1 aliphatic rings. The average molecular weight is 477 g/mol. The Morgan fingerprint density at radius 1 is 1.00 bits per heavy atom. The minimum atomic E-state index is -2.73. The largest absolute Gasteiger partial charge is 0.407 e. The van der Waals surface area contributed by atoms with Gasteiger partial charge in [0.15, 0.2) is 0 Å². The predicted octanol–water partition coefficient (Wildman–Crippen LogP) is 4.73. The van der Waals surface area contributed by atoms with Gasteiger partial charge in [-0.3, -0.25) is 4.79 Å². The van der Waals surface area contributed by atoms with Crippen LogP contribution in [0.1, 0.15) is 33.6 Å². The van der Waals surface area contributed by atoms with Crippen molar-refractivity contribution in [3.8, 4) is 0 Å². The average Bonchev–Trinajstić information content (AvgIpc) is 2.83. The second-order valence-electron chi connectivity index (χ2n) is 10.0. The molecule has 4 nitrogen and oxygen atoms in total. The van der Waals surface area contributed by atoms with Gasteiger partial charge < -0.3 is 15.1 Å². The Bertz CT molecular complexity index is 1090. The van der Waals surface area contributed by atoms with Crippen molar-refractivity contribution in [3.63, 3.8) is 0 Å². The molecular weight excluding hydrogens is 443 g/mol. The van der Waals surface area contributed by atoms with Crippen LogP contribution in [0.2, 0.25) is 5.04 Å². The number of hydrogen-bond donors (Lipinski definition) is 1. The van der Waals surface area contributed by atoms with Crippen molar-refractivity contribution in [2.75, 3.05) is 23.8 Å². The van der Waals surface area contributed by atoms with E-state index in [0.29, 0.717) is 18.8 Å². The highest BCUT2D eigenvalue weighted by atomic mass is 28.4. The second kappa shape index (κ2) is 9.72. The Labute approximate surface area is 202 Å². The number of halogens is 1. The fourth-order valence-electron chi connectivity index (χ4n) is 5.03. The summed E-state index contributed by atoms with van der Waals surface area (Å²) in [6, 6.07) is 25.4. The van der Waals surface area contributed by atoms with Crippen LogP contribution in [-0.4, -0.2) is 27.4 Å². The lowest BCUT2D eigenvalue weighted by Gasteiger charge is -2.44. The number of piperidine rings is 1. The number of rotatable bonds is 6. The molecule has 1 unspecified atom stereocenters. The van der Waals surface area contributed by atoms with Gasteiger partial charge in [-0.1, -0.05) is 81.4 Å². The first-order valence-electron chi connectivity index (χ1n) is 11.9. The summed E-state index contributed by atoms with van der Waals surface area (Å²) in [7, 11) is -2.73. The maximum Gasteiger partial charge on any atom is 0.261 e. The number of carbonyl (C=O) groups excluding carboxylic acids is 1. The van der Waals surface area contributed by atoms with Crippen molar-refractivity contribution in [1.29, 1.82) is 0 Å². The van der Waals surface area contributed by atoms with E-state index in [1.54, 1.807) is 11.0 Å². The van der Waals surface area contributed by atoms with Crippen LogP contribution >= 0.6 is 0 Å². The third kappa shape index (κ3) is 4.52. The Morgan fingerprint density at radius 3 is 2.12 bits per heavy atom. The molecule has 3 aromatic carbocycles. The van der Waals surface area contributed by atoms with Gasteiger partial charge in [0, 0.05) is 18.8 Å². The van der Waals surface area contributed by atoms with E-state index in [1.165, 1.54) is 22.5 Å². The second-order valence-corrected chi connectivity index (χ2v) is 14.3. The van der Waals surface area contributed by atoms with Crippen LogP contribution in [0, 0.1) is 11.7 Å². The lowest BCUT2D eigenvalue weighted by molar-refractivity contribution is -0.124. The van der Waals surface area contributed by atoms with Gasteiger partial charge in [0.1, 0.15) is 5.82 Å². The summed E-state index contributed by atoms with van der Waals surface area (Å²) < 4.78 is 21.1. The zero-order valence-corrected chi connectivity index (χ0v) is 21.1. The van der Waals surface area contributed by atoms with Gasteiger partial charge >= 0.3 is 0 Å². The Morgan fingerprint density at radius 2 is 1.59 bits per heavy atom. The van der Waals surface area contributed by atoms with Crippen molar-refractivity contribution < 1.29 is 13.6 Å². The van der Waals surface area contributed by atoms with Crippen LogP contribution in [0.5, 0.6) is 0 Å². The van der Waals surface area contributed by atoms with Crippen LogP contribution in [-0.2, 0) is 9.22 Å². The van der Waals surface area contributed by atoms with E-state index < -0.39 is 14.1 Å². The van der Waals surface area contributed by atoms with Crippen LogP contribution in [0.4, 0.5) is 15.8 Å². The molecule has 2 N–H and O–H groups in total. The van der Waals surface area contributed by atoms with Gasteiger partial charge in [-0.2, -0.15) is 0 Å². The zero-order chi connectivity index (χ0) is 24.3. The van der Waals surface area contributed by atoms with Crippen LogP contribution in [0.15, 0.2) is 78.9 Å². The number of amides is 1. The number of benzene rings is 3. The van der Waals surface area contributed by atoms with Crippen molar-refractivity contribution in [3.05, 3.63) is 84.7 Å². The first kappa shape index (κ1) is 24.2. The smallest absolute Gasteiger partial charge is 0.261 e. The van der Waals surface area contributed by atoms with E-state index in [0.717, 1.165) is 12.8 Å². The third-order valence-corrected chi connectivity index (χ3v) is 11.8. The number of hydrogen-bond acceptors (Lipinski definition) is 3. The van der Waals surface area contributed by atoms with Crippen LogP contribution < -0.4 is 21.0 Å². The lowest BCUT2D eigenvalue weighted by atomic mass is 9.97. The van der Waals surface area contributed by atoms with E-state index in [1.807, 2.05) is 12.1 Å². The SMILES string of the molecule is CC(C)(C)[Si](OCC1CCCN(c2ccc(N)c(F)c2)C1=O)(c1ccccc1)c1ccccc1. The lowest BCUT2D eigenvalue weighted by Crippen LogP contribution is -2.67. The molecule has 1 saturated heterocycles. The molecule has 4 rings (SSSR count). The van der Waals surface area contributed by atoms with Gasteiger partial charge in [-0.05, 0) is 46.5 Å². The highest BCUT2D eigenvalue weighted by molar-refractivity contribution is 6.99. The molecule has 178 valence electrons. The maximum atomic E-state index is 14.1. The number of nitrogens with zero attached hydrogens (tertiary/aromatic N) is 1. The molecule has 0 saturated carbocycles. The molecule has 0 spiro atoms. The van der Waals surface area contributed by atoms with Crippen molar-refractivity contribution >= 4 is 36.0 Å². The standard InChI is InChI=1S/C28H33FN2O2Si/c1-28(2,3)34(23-12-6-4-7-13-23,24-14-8-5-9-15-24)33-20-21-11-10-18-31(27(21)32)22-16-17-26(30)25(29)19-22/h4-9,12-17,19,21H,10-11,18,20,30H2,1-3H3. The van der Waals surface area contributed by atoms with Crippen molar-refractivity contribution in [2.45, 2.75) is 38.7 Å². The van der Waals surface area contributed by atoms with Crippen molar-refractivity contribution in [1.82, 2.24) is 0 Å². The first-order valence-corrected chi connectivity index (χ1v) is 13.8. The summed E-state index contributed by atoms with van der Waals surface area (Å²) >= 11 is 0. The van der Waals surface area contributed by atoms with Crippen LogP contribution in [0.25, 0.3) is 0 Å². The summed E-state index contributed by atoms with van der Waals surface area (Å²) in [4.78, 5) is 15.1. The van der Waals surface area contributed by atoms with Crippen molar-refractivity contribution in [2.24, 2.45) is 5.92 Å². The van der Waals surface area contributed by atoms with Gasteiger partial charge in [0.25, 0.3) is 8.32 Å². The Balaban J connectivity index is 1.66. The molecular formula is C28H33FN2O2Si. The number of nitrogen functional groups attached to an aromatic ring is 1. The topological polar surface area (TPSA) is 55.6 Å². The molecule has 6 heteroatoms. The quantitative estimate of drug-likeness (QED) is 0.413. The fourth-order valence-corrected chi connectivity index (χ4v) is 9.64. The van der Waals surface area contributed by atoms with E-state index in [9.17, 15) is 9.18 Å². The molecule has 0 aromatic heterocycles. The van der Waals surface area contributed by atoms with E-state index in [2.05, 4.69) is 69.3 Å². The van der Waals surface area contributed by atoms with Gasteiger partial charge in [0.05, 0.1) is 11.6 Å². The molecule has 1 heterocycles. The molecule has 1 atom stereocenters. The number of carbonyl (C=O) groups is 1. The molecule has 1 amide bonds. The highest BCUT2D eigenvalue weighted by Crippen LogP contribution is 2.37. The van der Waals surface area contributed by atoms with Gasteiger partial charge in [0.2, 0.25) is 5.91 Å². The maximum absolute atomic E-state index is 14.1. The summed E-state index contributed by atoms with van der Waals surface area (Å²) in [6.45, 7) is 7.58. The van der Waals surface area contributed by atoms with E-state index >= 15 is 0 Å². The van der Waals surface area contributed by atoms with Gasteiger partial charge in [-0.25, -0.2) is 4.39 Å². The fraction of sp³-hybridized carbons (Fsp3) is 0.321. The van der Waals surface area contributed by atoms with Crippen LogP contribution in [0.3, 0.4) is 0 Å². The van der Waals surface area contributed by atoms with Gasteiger partial charge in [-0.15, -0.1) is 0 Å². The molecule has 0 aliphatic carbocycles. The summed E-state index contributed by atoms with van der Waals surface area (Å²) in [5.41, 5.74) is 6.26. The molecule has 0 bridgehead atoms. The number of nitrogens with two attached hydrogens (primary N) is 1.